The predicted molar refractivity (Wildman–Crippen MR) is 106 cm³/mol. The minimum Gasteiger partial charge on any atom is -0.370 e. The Balaban J connectivity index is 1.92. The van der Waals surface area contributed by atoms with Crippen LogP contribution in [0.4, 0.5) is 5.69 Å². The molecular formula is C20H26N2O2S. The standard InChI is InChI=1S/C20H26N2O2S/c1-4-22(19-10-5-7-16(2)13-19)12-11-21-20(23)18-9-6-8-17(14-18)15-25(3)24/h5-10,13-14H,4,11-12,15H2,1-3H3,(H,21,23). The van der Waals surface area contributed by atoms with Crippen molar-refractivity contribution in [3.05, 3.63) is 65.2 Å². The molecule has 0 heterocycles. The number of carbonyl (C=O) groups excluding carboxylic acids is 1. The van der Waals surface area contributed by atoms with Crippen molar-refractivity contribution in [1.82, 2.24) is 5.32 Å². The van der Waals surface area contributed by atoms with Gasteiger partial charge in [0.1, 0.15) is 0 Å². The quantitative estimate of drug-likeness (QED) is 0.789. The molecule has 2 rings (SSSR count). The molecule has 0 spiro atoms. The SMILES string of the molecule is CCN(CCNC(=O)c1cccc(CS(C)=O)c1)c1cccc(C)c1. The summed E-state index contributed by atoms with van der Waals surface area (Å²) in [6.45, 7) is 6.40. The third-order valence-corrected chi connectivity index (χ3v) is 4.71. The lowest BCUT2D eigenvalue weighted by molar-refractivity contribution is 0.0954. The van der Waals surface area contributed by atoms with Crippen molar-refractivity contribution >= 4 is 22.4 Å². The molecule has 0 aliphatic heterocycles. The first-order chi connectivity index (χ1) is 12.0. The van der Waals surface area contributed by atoms with Crippen LogP contribution in [-0.2, 0) is 16.6 Å². The van der Waals surface area contributed by atoms with Crippen molar-refractivity contribution in [3.8, 4) is 0 Å². The van der Waals surface area contributed by atoms with Crippen molar-refractivity contribution in [2.75, 3.05) is 30.8 Å². The van der Waals surface area contributed by atoms with Crippen LogP contribution in [0.15, 0.2) is 48.5 Å². The van der Waals surface area contributed by atoms with Gasteiger partial charge in [-0.1, -0.05) is 24.3 Å². The molecule has 1 N–H and O–H groups in total. The second-order valence-corrected chi connectivity index (χ2v) is 7.53. The molecule has 134 valence electrons. The molecule has 0 aromatic heterocycles. The normalized spacial score (nSPS) is 11.8. The van der Waals surface area contributed by atoms with Crippen LogP contribution >= 0.6 is 0 Å². The summed E-state index contributed by atoms with van der Waals surface area (Å²) in [7, 11) is -0.912. The summed E-state index contributed by atoms with van der Waals surface area (Å²) in [5.74, 6) is 0.377. The third-order valence-electron chi connectivity index (χ3n) is 3.97. The zero-order chi connectivity index (χ0) is 18.2. The lowest BCUT2D eigenvalue weighted by atomic mass is 10.1. The van der Waals surface area contributed by atoms with E-state index in [1.165, 1.54) is 11.3 Å². The monoisotopic (exact) mass is 358 g/mol. The number of aryl methyl sites for hydroxylation is 1. The highest BCUT2D eigenvalue weighted by Crippen LogP contribution is 2.15. The van der Waals surface area contributed by atoms with Crippen molar-refractivity contribution in [1.29, 1.82) is 0 Å². The fraction of sp³-hybridized carbons (Fsp3) is 0.350. The van der Waals surface area contributed by atoms with Gasteiger partial charge in [-0.05, 0) is 49.2 Å². The first kappa shape index (κ1) is 19.2. The van der Waals surface area contributed by atoms with Gasteiger partial charge in [0.25, 0.3) is 5.91 Å². The van der Waals surface area contributed by atoms with Crippen LogP contribution in [0.5, 0.6) is 0 Å². The number of anilines is 1. The number of amides is 1. The molecule has 1 amide bonds. The van der Waals surface area contributed by atoms with E-state index in [2.05, 4.69) is 48.3 Å². The molecule has 1 atom stereocenters. The number of benzene rings is 2. The van der Waals surface area contributed by atoms with Gasteiger partial charge in [0, 0.05) is 53.7 Å². The highest BCUT2D eigenvalue weighted by atomic mass is 32.2. The number of rotatable bonds is 8. The van der Waals surface area contributed by atoms with Gasteiger partial charge in [0.15, 0.2) is 0 Å². The van der Waals surface area contributed by atoms with E-state index in [1.807, 2.05) is 18.2 Å². The Morgan fingerprint density at radius 2 is 1.92 bits per heavy atom. The number of likely N-dealkylation sites (N-methyl/N-ethyl adjacent to an activating group) is 1. The van der Waals surface area contributed by atoms with E-state index in [0.29, 0.717) is 17.9 Å². The molecule has 25 heavy (non-hydrogen) atoms. The van der Waals surface area contributed by atoms with Gasteiger partial charge in [-0.25, -0.2) is 0 Å². The second-order valence-electron chi connectivity index (χ2n) is 6.09. The first-order valence-corrected chi connectivity index (χ1v) is 10.2. The lowest BCUT2D eigenvalue weighted by Crippen LogP contribution is -2.35. The Kier molecular flexibility index (Phi) is 7.19. The van der Waals surface area contributed by atoms with Crippen LogP contribution in [0.3, 0.4) is 0 Å². The van der Waals surface area contributed by atoms with E-state index in [-0.39, 0.29) is 5.91 Å². The van der Waals surface area contributed by atoms with Gasteiger partial charge in [-0.2, -0.15) is 0 Å². The average Bonchev–Trinajstić information content (AvgIpc) is 2.58. The largest absolute Gasteiger partial charge is 0.370 e. The molecule has 0 radical (unpaired) electrons. The summed E-state index contributed by atoms with van der Waals surface area (Å²) in [4.78, 5) is 14.6. The Labute approximate surface area is 152 Å². The summed E-state index contributed by atoms with van der Waals surface area (Å²) in [6, 6.07) is 15.7. The second kappa shape index (κ2) is 9.37. The summed E-state index contributed by atoms with van der Waals surface area (Å²) >= 11 is 0. The highest BCUT2D eigenvalue weighted by molar-refractivity contribution is 7.83. The van der Waals surface area contributed by atoms with Crippen LogP contribution in [-0.4, -0.2) is 36.0 Å². The Morgan fingerprint density at radius 3 is 2.60 bits per heavy atom. The lowest BCUT2D eigenvalue weighted by Gasteiger charge is -2.23. The summed E-state index contributed by atoms with van der Waals surface area (Å²) in [6.07, 6.45) is 1.66. The molecule has 0 bridgehead atoms. The zero-order valence-electron chi connectivity index (χ0n) is 15.1. The van der Waals surface area contributed by atoms with E-state index >= 15 is 0 Å². The number of hydrogen-bond donors (Lipinski definition) is 1. The van der Waals surface area contributed by atoms with Crippen molar-refractivity contribution < 1.29 is 9.00 Å². The molecule has 0 aliphatic carbocycles. The van der Waals surface area contributed by atoms with Crippen molar-refractivity contribution in [2.45, 2.75) is 19.6 Å². The molecule has 4 nitrogen and oxygen atoms in total. The van der Waals surface area contributed by atoms with Crippen molar-refractivity contribution in [2.24, 2.45) is 0 Å². The molecule has 1 unspecified atom stereocenters. The molecular weight excluding hydrogens is 332 g/mol. The number of carbonyl (C=O) groups is 1. The van der Waals surface area contributed by atoms with E-state index in [1.54, 1.807) is 12.3 Å². The average molecular weight is 359 g/mol. The van der Waals surface area contributed by atoms with Crippen molar-refractivity contribution in [3.63, 3.8) is 0 Å². The summed E-state index contributed by atoms with van der Waals surface area (Å²) < 4.78 is 11.3. The summed E-state index contributed by atoms with van der Waals surface area (Å²) in [5, 5.41) is 2.97. The molecule has 0 fully saturated rings. The van der Waals surface area contributed by atoms with Crippen LogP contribution < -0.4 is 10.2 Å². The first-order valence-electron chi connectivity index (χ1n) is 8.48. The predicted octanol–water partition coefficient (Wildman–Crippen LogP) is 3.13. The van der Waals surface area contributed by atoms with Crippen LogP contribution in [0, 0.1) is 6.92 Å². The molecule has 2 aromatic carbocycles. The fourth-order valence-electron chi connectivity index (χ4n) is 2.74. The topological polar surface area (TPSA) is 49.4 Å². The highest BCUT2D eigenvalue weighted by Gasteiger charge is 2.08. The number of nitrogens with zero attached hydrogens (tertiary/aromatic N) is 1. The van der Waals surface area contributed by atoms with Gasteiger partial charge in [0.2, 0.25) is 0 Å². The maximum Gasteiger partial charge on any atom is 0.251 e. The smallest absolute Gasteiger partial charge is 0.251 e. The van der Waals surface area contributed by atoms with Crippen LogP contribution in [0.25, 0.3) is 0 Å². The van der Waals surface area contributed by atoms with Gasteiger partial charge < -0.3 is 10.2 Å². The molecule has 5 heteroatoms. The maximum atomic E-state index is 12.3. The van der Waals surface area contributed by atoms with E-state index in [4.69, 9.17) is 0 Å². The molecule has 0 aliphatic rings. The molecule has 0 saturated carbocycles. The zero-order valence-corrected chi connectivity index (χ0v) is 15.9. The Bertz CT molecular complexity index is 746. The van der Waals surface area contributed by atoms with Gasteiger partial charge in [-0.3, -0.25) is 9.00 Å². The van der Waals surface area contributed by atoms with Crippen LogP contribution in [0.2, 0.25) is 0 Å². The third kappa shape index (κ3) is 6.02. The number of hydrogen-bond acceptors (Lipinski definition) is 3. The molecule has 2 aromatic rings. The fourth-order valence-corrected chi connectivity index (χ4v) is 3.39. The molecule has 0 saturated heterocycles. The maximum absolute atomic E-state index is 12.3. The summed E-state index contributed by atoms with van der Waals surface area (Å²) in [5.41, 5.74) is 3.93. The van der Waals surface area contributed by atoms with Gasteiger partial charge >= 0.3 is 0 Å². The minimum absolute atomic E-state index is 0.0935. The minimum atomic E-state index is -0.912. The van der Waals surface area contributed by atoms with E-state index < -0.39 is 10.8 Å². The Morgan fingerprint density at radius 1 is 1.16 bits per heavy atom. The van der Waals surface area contributed by atoms with E-state index in [9.17, 15) is 9.00 Å². The van der Waals surface area contributed by atoms with Gasteiger partial charge in [-0.15, -0.1) is 0 Å². The Hall–Kier alpha value is -2.14. The van der Waals surface area contributed by atoms with Gasteiger partial charge in [0.05, 0.1) is 0 Å². The van der Waals surface area contributed by atoms with E-state index in [0.717, 1.165) is 18.7 Å². The number of nitrogens with one attached hydrogen (secondary N) is 1. The van der Waals surface area contributed by atoms with Crippen LogP contribution in [0.1, 0.15) is 28.4 Å².